The third kappa shape index (κ3) is 5.60. The van der Waals surface area contributed by atoms with Gasteiger partial charge in [0.2, 0.25) is 0 Å². The fourth-order valence-electron chi connectivity index (χ4n) is 3.20. The van der Waals surface area contributed by atoms with Crippen LogP contribution in [-0.4, -0.2) is 58.6 Å². The van der Waals surface area contributed by atoms with Crippen LogP contribution in [0.15, 0.2) is 30.6 Å². The molecule has 0 amide bonds. The number of aromatic amines is 1. The summed E-state index contributed by atoms with van der Waals surface area (Å²) in [4.78, 5) is 13.5. The van der Waals surface area contributed by atoms with E-state index in [1.807, 2.05) is 17.2 Å². The molecule has 1 aliphatic rings. The molecule has 29 heavy (non-hydrogen) atoms. The van der Waals surface area contributed by atoms with Crippen molar-refractivity contribution < 1.29 is 13.2 Å². The van der Waals surface area contributed by atoms with E-state index in [1.54, 1.807) is 18.5 Å². The lowest BCUT2D eigenvalue weighted by atomic mass is 9.95. The van der Waals surface area contributed by atoms with Crippen molar-refractivity contribution in [3.05, 3.63) is 36.4 Å². The molecule has 1 fully saturated rings. The van der Waals surface area contributed by atoms with Crippen LogP contribution in [0.1, 0.15) is 18.7 Å². The summed E-state index contributed by atoms with van der Waals surface area (Å²) in [6.07, 6.45) is 5.91. The fourth-order valence-corrected chi connectivity index (χ4v) is 3.60. The Morgan fingerprint density at radius 2 is 2.31 bits per heavy atom. The molecule has 10 heteroatoms. The Kier molecular flexibility index (Phi) is 6.96. The van der Waals surface area contributed by atoms with E-state index in [2.05, 4.69) is 19.7 Å². The quantitative estimate of drug-likeness (QED) is 0.442. The van der Waals surface area contributed by atoms with Gasteiger partial charge in [0.25, 0.3) is 6.43 Å². The van der Waals surface area contributed by atoms with Crippen molar-refractivity contribution in [3.63, 3.8) is 0 Å². The minimum Gasteiger partial charge on any atom is -0.353 e. The van der Waals surface area contributed by atoms with E-state index in [0.717, 1.165) is 24.6 Å². The van der Waals surface area contributed by atoms with E-state index in [1.165, 1.54) is 18.0 Å². The number of imidazole rings is 1. The Hall–Kier alpha value is -2.33. The van der Waals surface area contributed by atoms with Crippen LogP contribution in [0.25, 0.3) is 17.3 Å². The van der Waals surface area contributed by atoms with Crippen molar-refractivity contribution in [2.24, 2.45) is 0 Å². The minimum atomic E-state index is -2.82. The number of hydrogen-bond donors (Lipinski definition) is 3. The van der Waals surface area contributed by atoms with Crippen LogP contribution in [0.5, 0.6) is 0 Å². The van der Waals surface area contributed by atoms with Gasteiger partial charge in [-0.1, -0.05) is 11.9 Å². The van der Waals surface area contributed by atoms with Crippen LogP contribution in [0, 0.1) is 5.41 Å². The third-order valence-electron chi connectivity index (χ3n) is 4.69. The van der Waals surface area contributed by atoms with Crippen molar-refractivity contribution in [1.82, 2.24) is 19.7 Å². The molecular formula is C19H23F3N6S. The number of allylic oxidation sites excluding steroid dienone is 1. The number of H-pyrrole nitrogens is 1. The summed E-state index contributed by atoms with van der Waals surface area (Å²) < 4.78 is 42.9. The molecule has 6 nitrogen and oxygen atoms in total. The minimum absolute atomic E-state index is 0.268. The van der Waals surface area contributed by atoms with Gasteiger partial charge in [-0.2, -0.15) is 0 Å². The highest BCUT2D eigenvalue weighted by molar-refractivity contribution is 7.96. The molecule has 1 atom stereocenters. The molecule has 3 rings (SSSR count). The van der Waals surface area contributed by atoms with Gasteiger partial charge in [0.15, 0.2) is 0 Å². The van der Waals surface area contributed by atoms with Gasteiger partial charge in [-0.3, -0.25) is 10.1 Å². The van der Waals surface area contributed by atoms with Gasteiger partial charge in [0, 0.05) is 24.8 Å². The highest BCUT2D eigenvalue weighted by atomic mass is 32.2. The first-order chi connectivity index (χ1) is 13.9. The lowest BCUT2D eigenvalue weighted by Gasteiger charge is -2.38. The number of hydrogen-bond acceptors (Lipinski definition) is 6. The van der Waals surface area contributed by atoms with Gasteiger partial charge in [-0.15, -0.1) is 0 Å². The summed E-state index contributed by atoms with van der Waals surface area (Å²) in [5, 5.41) is 7.15. The molecule has 3 heterocycles. The maximum absolute atomic E-state index is 15.1. The monoisotopic (exact) mass is 424 g/mol. The summed E-state index contributed by atoms with van der Waals surface area (Å²) in [5.74, 6) is 1.05. The number of piperidine rings is 1. The molecule has 1 aliphatic heterocycles. The zero-order valence-corrected chi connectivity index (χ0v) is 16.8. The number of alkyl halides is 3. The molecule has 0 aliphatic carbocycles. The van der Waals surface area contributed by atoms with Crippen molar-refractivity contribution in [2.45, 2.75) is 24.9 Å². The number of halogens is 3. The maximum Gasteiger partial charge on any atom is 0.279 e. The number of nitrogens with one attached hydrogen (secondary N) is 3. The van der Waals surface area contributed by atoms with Gasteiger partial charge in [-0.05, 0) is 43.4 Å². The zero-order valence-electron chi connectivity index (χ0n) is 16.0. The smallest absolute Gasteiger partial charge is 0.279 e. The molecule has 2 aromatic rings. The van der Waals surface area contributed by atoms with Gasteiger partial charge in [0.05, 0.1) is 24.1 Å². The van der Waals surface area contributed by atoms with Gasteiger partial charge in [0.1, 0.15) is 17.3 Å². The number of rotatable bonds is 8. The summed E-state index contributed by atoms with van der Waals surface area (Å²) >= 11 is 1.40. The van der Waals surface area contributed by atoms with Crippen LogP contribution in [0.2, 0.25) is 0 Å². The first-order valence-electron chi connectivity index (χ1n) is 9.16. The van der Waals surface area contributed by atoms with Crippen molar-refractivity contribution in [1.29, 1.82) is 5.41 Å². The summed E-state index contributed by atoms with van der Waals surface area (Å²) in [7, 11) is 0. The van der Waals surface area contributed by atoms with Crippen molar-refractivity contribution in [2.75, 3.05) is 30.8 Å². The number of aromatic nitrogens is 3. The summed E-state index contributed by atoms with van der Waals surface area (Å²) in [6, 6.07) is 3.66. The normalized spacial score (nSPS) is 20.0. The van der Waals surface area contributed by atoms with E-state index in [0.29, 0.717) is 23.8 Å². The van der Waals surface area contributed by atoms with Crippen molar-refractivity contribution >= 4 is 29.6 Å². The fraction of sp³-hybridized carbons (Fsp3) is 0.421. The highest BCUT2D eigenvalue weighted by Crippen LogP contribution is 2.30. The molecule has 0 saturated carbocycles. The summed E-state index contributed by atoms with van der Waals surface area (Å²) in [6.45, 7) is 1.28. The van der Waals surface area contributed by atoms with Crippen LogP contribution >= 0.6 is 11.9 Å². The predicted molar refractivity (Wildman–Crippen MR) is 111 cm³/mol. The molecule has 2 aromatic heterocycles. The predicted octanol–water partition coefficient (Wildman–Crippen LogP) is 3.95. The van der Waals surface area contributed by atoms with Crippen molar-refractivity contribution in [3.8, 4) is 11.3 Å². The molecule has 0 spiro atoms. The van der Waals surface area contributed by atoms with E-state index in [-0.39, 0.29) is 13.1 Å². The van der Waals surface area contributed by atoms with Crippen LogP contribution in [-0.2, 0) is 0 Å². The van der Waals surface area contributed by atoms with E-state index >= 15 is 4.39 Å². The molecule has 3 N–H and O–H groups in total. The Bertz CT molecular complexity index is 871. The Balaban J connectivity index is 1.74. The first kappa shape index (κ1) is 21.4. The van der Waals surface area contributed by atoms with E-state index < -0.39 is 17.8 Å². The molecular weight excluding hydrogens is 401 g/mol. The average Bonchev–Trinajstić information content (AvgIpc) is 3.20. The molecule has 156 valence electrons. The van der Waals surface area contributed by atoms with Crippen LogP contribution in [0.3, 0.4) is 0 Å². The van der Waals surface area contributed by atoms with E-state index in [9.17, 15) is 8.78 Å². The SMILES string of the molecule is CSNCC1(F)CCCN(c2cc(-c3cnc(/C=C\C(=N)C(F)F)[nH]3)ccn2)C1. The average molecular weight is 424 g/mol. The zero-order chi connectivity index (χ0) is 20.9. The molecule has 0 aromatic carbocycles. The van der Waals surface area contributed by atoms with Gasteiger partial charge < -0.3 is 9.88 Å². The highest BCUT2D eigenvalue weighted by Gasteiger charge is 2.35. The molecule has 1 unspecified atom stereocenters. The number of nitrogens with zero attached hydrogens (tertiary/aromatic N) is 3. The second-order valence-electron chi connectivity index (χ2n) is 6.88. The second kappa shape index (κ2) is 9.45. The lowest BCUT2D eigenvalue weighted by Crippen LogP contribution is -2.50. The van der Waals surface area contributed by atoms with Gasteiger partial charge in [-0.25, -0.2) is 23.1 Å². The summed E-state index contributed by atoms with van der Waals surface area (Å²) in [5.41, 5.74) is -0.585. The Morgan fingerprint density at radius 3 is 3.07 bits per heavy atom. The molecule has 1 saturated heterocycles. The Labute approximate surface area is 171 Å². The largest absolute Gasteiger partial charge is 0.353 e. The van der Waals surface area contributed by atoms with Crippen LogP contribution in [0.4, 0.5) is 19.0 Å². The second-order valence-corrected chi connectivity index (χ2v) is 7.57. The molecule has 0 radical (unpaired) electrons. The topological polar surface area (TPSA) is 80.7 Å². The van der Waals surface area contributed by atoms with Gasteiger partial charge >= 0.3 is 0 Å². The van der Waals surface area contributed by atoms with E-state index in [4.69, 9.17) is 5.41 Å². The first-order valence-corrected chi connectivity index (χ1v) is 10.4. The third-order valence-corrected chi connectivity index (χ3v) is 5.13. The maximum atomic E-state index is 15.1. The van der Waals surface area contributed by atoms with Crippen LogP contribution < -0.4 is 9.62 Å². The Morgan fingerprint density at radius 1 is 1.48 bits per heavy atom. The number of anilines is 1. The number of pyridine rings is 1. The standard InChI is InChI=1S/C19H23F3N6S/c1-29-26-11-19(22)6-2-8-28(12-19)17-9-13(5-7-24-17)15-10-25-16(27-15)4-3-14(23)18(20)21/h3-5,7,9-10,18,23,26H,2,6,8,11-12H2,1H3,(H,25,27)/b4-3-,23-14?. The molecule has 0 bridgehead atoms. The lowest BCUT2D eigenvalue weighted by molar-refractivity contribution is 0.142.